The van der Waals surface area contributed by atoms with E-state index in [1.807, 2.05) is 32.9 Å². The van der Waals surface area contributed by atoms with Crippen LogP contribution in [0.5, 0.6) is 0 Å². The number of carboxylic acids is 1. The normalized spacial score (nSPS) is 22.8. The summed E-state index contributed by atoms with van der Waals surface area (Å²) < 4.78 is 0. The van der Waals surface area contributed by atoms with E-state index < -0.39 is 17.6 Å². The molecule has 1 N–H and O–H groups in total. The summed E-state index contributed by atoms with van der Waals surface area (Å²) in [6.45, 7) is 10.9. The molecule has 26 heavy (non-hydrogen) atoms. The zero-order valence-electron chi connectivity index (χ0n) is 16.4. The molecule has 0 spiro atoms. The molecular weight excluding hydrogens is 332 g/mol. The lowest BCUT2D eigenvalue weighted by Crippen LogP contribution is -2.66. The molecule has 1 heterocycles. The van der Waals surface area contributed by atoms with Gasteiger partial charge < -0.3 is 10.0 Å². The van der Waals surface area contributed by atoms with Crippen molar-refractivity contribution < 1.29 is 19.5 Å². The van der Waals surface area contributed by atoms with E-state index in [9.17, 15) is 19.5 Å². The number of rotatable bonds is 3. The molecule has 0 aromatic heterocycles. The third-order valence-corrected chi connectivity index (χ3v) is 5.30. The summed E-state index contributed by atoms with van der Waals surface area (Å²) in [4.78, 5) is 39.9. The highest BCUT2D eigenvalue weighted by Crippen LogP contribution is 2.40. The Hall–Kier alpha value is -2.37. The fourth-order valence-electron chi connectivity index (χ4n) is 4.39. The van der Waals surface area contributed by atoms with Crippen LogP contribution in [0.3, 0.4) is 0 Å². The van der Waals surface area contributed by atoms with Crippen LogP contribution in [0.15, 0.2) is 12.1 Å². The van der Waals surface area contributed by atoms with Crippen LogP contribution in [-0.2, 0) is 14.4 Å². The topological polar surface area (TPSA) is 77.9 Å². The van der Waals surface area contributed by atoms with Crippen molar-refractivity contribution in [2.24, 2.45) is 5.92 Å². The van der Waals surface area contributed by atoms with Crippen molar-refractivity contribution in [2.45, 2.75) is 60.0 Å². The molecule has 1 aromatic rings. The number of piperidine rings is 1. The molecule has 1 aliphatic heterocycles. The molecule has 1 aliphatic rings. The molecule has 142 valence electrons. The minimum atomic E-state index is -1.02. The molecule has 6 heteroatoms. The van der Waals surface area contributed by atoms with E-state index in [2.05, 4.69) is 0 Å². The van der Waals surface area contributed by atoms with E-state index in [1.54, 1.807) is 16.7 Å². The number of anilines is 1. The van der Waals surface area contributed by atoms with E-state index in [0.717, 1.165) is 22.4 Å². The number of benzene rings is 1. The average Bonchev–Trinajstić information content (AvgIpc) is 2.49. The fraction of sp³-hybridized carbons (Fsp3) is 0.550. The largest absolute Gasteiger partial charge is 0.481 e. The standard InChI is InChI=1S/C20H28N2O4/c1-12-9-13(2)18(14(3)10-12)22(16(5)24)20(6)11-17(19(25)26)7-8-21(20)15(4)23/h9-10,17H,7-8,11H2,1-6H3,(H,25,26). The van der Waals surface area contributed by atoms with Crippen LogP contribution in [0, 0.1) is 26.7 Å². The van der Waals surface area contributed by atoms with E-state index in [-0.39, 0.29) is 18.2 Å². The summed E-state index contributed by atoms with van der Waals surface area (Å²) in [5.41, 5.74) is 2.68. The Kier molecular flexibility index (Phi) is 5.44. The molecule has 2 rings (SSSR count). The molecule has 1 fully saturated rings. The van der Waals surface area contributed by atoms with Gasteiger partial charge in [0.15, 0.2) is 0 Å². The maximum Gasteiger partial charge on any atom is 0.306 e. The van der Waals surface area contributed by atoms with E-state index in [0.29, 0.717) is 13.0 Å². The lowest BCUT2D eigenvalue weighted by Gasteiger charge is -2.52. The number of carboxylic acid groups (broad SMARTS) is 1. The minimum Gasteiger partial charge on any atom is -0.481 e. The summed E-state index contributed by atoms with van der Waals surface area (Å²) in [5, 5.41) is 9.52. The van der Waals surface area contributed by atoms with Crippen molar-refractivity contribution in [3.05, 3.63) is 28.8 Å². The molecule has 2 amide bonds. The zero-order valence-corrected chi connectivity index (χ0v) is 16.4. The average molecular weight is 360 g/mol. The summed E-state index contributed by atoms with van der Waals surface area (Å²) in [6.07, 6.45) is 0.594. The molecule has 6 nitrogen and oxygen atoms in total. The van der Waals surface area contributed by atoms with Gasteiger partial charge in [0.2, 0.25) is 11.8 Å². The maximum atomic E-state index is 12.7. The first-order valence-corrected chi connectivity index (χ1v) is 8.88. The quantitative estimate of drug-likeness (QED) is 0.899. The van der Waals surface area contributed by atoms with Gasteiger partial charge in [-0.2, -0.15) is 0 Å². The van der Waals surface area contributed by atoms with E-state index >= 15 is 0 Å². The first-order valence-electron chi connectivity index (χ1n) is 8.88. The van der Waals surface area contributed by atoms with Gasteiger partial charge in [0.25, 0.3) is 0 Å². The number of carbonyl (C=O) groups is 3. The first-order chi connectivity index (χ1) is 12.0. The van der Waals surface area contributed by atoms with Crippen molar-refractivity contribution >= 4 is 23.5 Å². The van der Waals surface area contributed by atoms with Gasteiger partial charge in [0.05, 0.1) is 11.6 Å². The van der Waals surface area contributed by atoms with Crippen molar-refractivity contribution in [1.82, 2.24) is 4.90 Å². The summed E-state index contributed by atoms with van der Waals surface area (Å²) in [5.74, 6) is -1.85. The number of hydrogen-bond acceptors (Lipinski definition) is 3. The van der Waals surface area contributed by atoms with Crippen molar-refractivity contribution in [3.8, 4) is 0 Å². The van der Waals surface area contributed by atoms with Crippen molar-refractivity contribution in [3.63, 3.8) is 0 Å². The predicted octanol–water partition coefficient (Wildman–Crippen LogP) is 3.02. The Bertz CT molecular complexity index is 735. The van der Waals surface area contributed by atoms with Crippen LogP contribution in [0.25, 0.3) is 0 Å². The van der Waals surface area contributed by atoms with Crippen LogP contribution in [-0.4, -0.2) is 40.0 Å². The van der Waals surface area contributed by atoms with Crippen LogP contribution >= 0.6 is 0 Å². The smallest absolute Gasteiger partial charge is 0.306 e. The summed E-state index contributed by atoms with van der Waals surface area (Å²) in [6, 6.07) is 3.99. The molecule has 1 aromatic carbocycles. The molecule has 0 saturated carbocycles. The summed E-state index contributed by atoms with van der Waals surface area (Å²) in [7, 11) is 0. The van der Waals surface area contributed by atoms with E-state index in [4.69, 9.17) is 0 Å². The van der Waals surface area contributed by atoms with Gasteiger partial charge in [0.1, 0.15) is 5.66 Å². The SMILES string of the molecule is CC(=O)N1CCC(C(=O)O)CC1(C)N(C(C)=O)c1c(C)cc(C)cc1C. The second-order valence-corrected chi connectivity index (χ2v) is 7.52. The highest BCUT2D eigenvalue weighted by Gasteiger charge is 2.48. The zero-order chi connectivity index (χ0) is 19.8. The molecule has 2 unspecified atom stereocenters. The number of hydrogen-bond donors (Lipinski definition) is 1. The Morgan fingerprint density at radius 1 is 1.15 bits per heavy atom. The van der Waals surface area contributed by atoms with Gasteiger partial charge in [0, 0.05) is 26.8 Å². The third kappa shape index (κ3) is 3.45. The first kappa shape index (κ1) is 19.9. The third-order valence-electron chi connectivity index (χ3n) is 5.30. The number of likely N-dealkylation sites (tertiary alicyclic amines) is 1. The Labute approximate surface area is 154 Å². The van der Waals surface area contributed by atoms with Crippen LogP contribution in [0.2, 0.25) is 0 Å². The molecule has 0 bridgehead atoms. The number of aryl methyl sites for hydroxylation is 3. The highest BCUT2D eigenvalue weighted by atomic mass is 16.4. The number of aliphatic carboxylic acids is 1. The monoisotopic (exact) mass is 360 g/mol. The predicted molar refractivity (Wildman–Crippen MR) is 100.0 cm³/mol. The van der Waals surface area contributed by atoms with Crippen molar-refractivity contribution in [1.29, 1.82) is 0 Å². The van der Waals surface area contributed by atoms with Gasteiger partial charge >= 0.3 is 5.97 Å². The number of amides is 2. The van der Waals surface area contributed by atoms with Gasteiger partial charge in [-0.15, -0.1) is 0 Å². The number of nitrogens with zero attached hydrogens (tertiary/aromatic N) is 2. The lowest BCUT2D eigenvalue weighted by molar-refractivity contribution is -0.151. The summed E-state index contributed by atoms with van der Waals surface area (Å²) >= 11 is 0. The van der Waals surface area contributed by atoms with Gasteiger partial charge in [-0.1, -0.05) is 17.7 Å². The molecule has 0 aliphatic carbocycles. The molecule has 0 radical (unpaired) electrons. The number of carbonyl (C=O) groups excluding carboxylic acids is 2. The Morgan fingerprint density at radius 3 is 2.12 bits per heavy atom. The second-order valence-electron chi connectivity index (χ2n) is 7.52. The van der Waals surface area contributed by atoms with Gasteiger partial charge in [-0.3, -0.25) is 19.3 Å². The Balaban J connectivity index is 2.67. The second kappa shape index (κ2) is 7.09. The van der Waals surface area contributed by atoms with Crippen LogP contribution < -0.4 is 4.90 Å². The van der Waals surface area contributed by atoms with Crippen LogP contribution in [0.1, 0.15) is 50.3 Å². The lowest BCUT2D eigenvalue weighted by atomic mass is 9.84. The maximum absolute atomic E-state index is 12.7. The van der Waals surface area contributed by atoms with Crippen LogP contribution in [0.4, 0.5) is 5.69 Å². The molecule has 1 saturated heterocycles. The van der Waals surface area contributed by atoms with E-state index in [1.165, 1.54) is 13.8 Å². The minimum absolute atomic E-state index is 0.162. The van der Waals surface area contributed by atoms with Gasteiger partial charge in [-0.05, 0) is 45.2 Å². The fourth-order valence-corrected chi connectivity index (χ4v) is 4.39. The highest BCUT2D eigenvalue weighted by molar-refractivity contribution is 5.95. The molecular formula is C20H28N2O4. The van der Waals surface area contributed by atoms with Crippen molar-refractivity contribution in [2.75, 3.05) is 11.4 Å². The van der Waals surface area contributed by atoms with Gasteiger partial charge in [-0.25, -0.2) is 0 Å². The Morgan fingerprint density at radius 2 is 1.69 bits per heavy atom. The molecule has 2 atom stereocenters.